The van der Waals surface area contributed by atoms with Crippen LogP contribution in [0.5, 0.6) is 5.75 Å². The second kappa shape index (κ2) is 15.0. The second-order valence-corrected chi connectivity index (χ2v) is 5.24. The predicted molar refractivity (Wildman–Crippen MR) is 110 cm³/mol. The number of hydrogen-bond donors (Lipinski definition) is 2. The zero-order valence-electron chi connectivity index (χ0n) is 18.2. The first-order valence-corrected chi connectivity index (χ1v) is 9.30. The van der Waals surface area contributed by atoms with Crippen LogP contribution >= 0.6 is 0 Å². The largest absolute Gasteiger partial charge is 0.497 e. The maximum atomic E-state index is 12.8. The average molecular weight is 433 g/mol. The minimum Gasteiger partial charge on any atom is -0.497 e. The smallest absolute Gasteiger partial charge is 0.416 e. The van der Waals surface area contributed by atoms with Crippen molar-refractivity contribution in [1.82, 2.24) is 14.8 Å². The van der Waals surface area contributed by atoms with Gasteiger partial charge in [0.1, 0.15) is 12.1 Å². The summed E-state index contributed by atoms with van der Waals surface area (Å²) in [5.74, 6) is -1.15. The molecule has 2 rings (SSSR count). The van der Waals surface area contributed by atoms with Crippen molar-refractivity contribution in [3.8, 4) is 17.1 Å². The summed E-state index contributed by atoms with van der Waals surface area (Å²) in [6, 6.07) is 3.11. The summed E-state index contributed by atoms with van der Waals surface area (Å²) < 4.78 is 44.4. The van der Waals surface area contributed by atoms with Gasteiger partial charge in [-0.3, -0.25) is 0 Å². The van der Waals surface area contributed by atoms with Gasteiger partial charge < -0.3 is 14.9 Å². The van der Waals surface area contributed by atoms with E-state index in [4.69, 9.17) is 14.9 Å². The molecule has 30 heavy (non-hydrogen) atoms. The van der Waals surface area contributed by atoms with Gasteiger partial charge in [-0.25, -0.2) is 14.5 Å². The molecule has 0 atom stereocenters. The van der Waals surface area contributed by atoms with E-state index in [0.717, 1.165) is 29.1 Å². The molecule has 0 spiro atoms. The molecule has 1 aromatic carbocycles. The van der Waals surface area contributed by atoms with Gasteiger partial charge in [0.2, 0.25) is 0 Å². The van der Waals surface area contributed by atoms with Crippen LogP contribution in [0.15, 0.2) is 30.6 Å². The van der Waals surface area contributed by atoms with Gasteiger partial charge in [-0.1, -0.05) is 27.7 Å². The summed E-state index contributed by atoms with van der Waals surface area (Å²) in [5, 5.41) is 20.4. The second-order valence-electron chi connectivity index (χ2n) is 5.24. The summed E-state index contributed by atoms with van der Waals surface area (Å²) in [6.45, 7) is 11.4. The summed E-state index contributed by atoms with van der Waals surface area (Å²) in [7, 11) is 1.25. The quantitative estimate of drug-likeness (QED) is 0.661. The van der Waals surface area contributed by atoms with Crippen molar-refractivity contribution in [2.45, 2.75) is 53.8 Å². The van der Waals surface area contributed by atoms with Crippen LogP contribution in [0.25, 0.3) is 17.6 Å². The Hall–Kier alpha value is -2.88. The number of ether oxygens (including phenoxy) is 1. The van der Waals surface area contributed by atoms with E-state index in [0.29, 0.717) is 0 Å². The van der Waals surface area contributed by atoms with E-state index in [1.807, 2.05) is 27.7 Å². The van der Waals surface area contributed by atoms with Crippen molar-refractivity contribution in [2.24, 2.45) is 0 Å². The zero-order chi connectivity index (χ0) is 23.9. The fourth-order valence-electron chi connectivity index (χ4n) is 1.63. The number of carboxylic acids is 1. The lowest BCUT2D eigenvalue weighted by atomic mass is 10.1. The molecule has 1 aromatic heterocycles. The number of aliphatic hydroxyl groups is 1. The summed E-state index contributed by atoms with van der Waals surface area (Å²) >= 11 is 0. The Bertz CT molecular complexity index is 770. The number of nitrogens with zero attached hydrogens (tertiary/aromatic N) is 3. The topological polar surface area (TPSA) is 97.5 Å². The van der Waals surface area contributed by atoms with Crippen molar-refractivity contribution in [3.63, 3.8) is 0 Å². The molecule has 2 N–H and O–H groups in total. The van der Waals surface area contributed by atoms with Gasteiger partial charge in [0.05, 0.1) is 12.7 Å². The summed E-state index contributed by atoms with van der Waals surface area (Å²) in [4.78, 5) is 14.2. The zero-order valence-corrected chi connectivity index (χ0v) is 18.2. The molecule has 0 aliphatic rings. The Labute approximate surface area is 174 Å². The molecule has 1 heterocycles. The monoisotopic (exact) mass is 433 g/mol. The number of aliphatic hydroxyl groups excluding tert-OH is 1. The Morgan fingerprint density at radius 3 is 2.13 bits per heavy atom. The van der Waals surface area contributed by atoms with Crippen LogP contribution < -0.4 is 4.74 Å². The average Bonchev–Trinajstić information content (AvgIpc) is 3.17. The molecule has 0 fully saturated rings. The molecule has 170 valence electrons. The third-order valence-electron chi connectivity index (χ3n) is 2.61. The standard InChI is InChI=1S/C13H10F3N3O3.C3H8O.2C2H6/c1-22-10-5-8(4-9(6-10)13(14,15)16)12-17-7-19(18-12)3-2-11(20)21;1-3(2)4;2*1-2/h2-7H,1H3,(H,20,21);3-4H,1-2H3;2*1-2H3/b3-2-;;;. The van der Waals surface area contributed by atoms with Crippen LogP contribution in [0.3, 0.4) is 0 Å². The predicted octanol–water partition coefficient (Wildman–Crippen LogP) is 4.97. The first-order chi connectivity index (χ1) is 14.0. The minimum absolute atomic E-state index is 0.0134. The van der Waals surface area contributed by atoms with Gasteiger partial charge in [-0.2, -0.15) is 13.2 Å². The van der Waals surface area contributed by atoms with E-state index in [1.165, 1.54) is 19.5 Å². The third kappa shape index (κ3) is 11.8. The highest BCUT2D eigenvalue weighted by atomic mass is 19.4. The first kappa shape index (κ1) is 29.3. The van der Waals surface area contributed by atoms with Crippen molar-refractivity contribution in [2.75, 3.05) is 7.11 Å². The van der Waals surface area contributed by atoms with Crippen molar-refractivity contribution in [3.05, 3.63) is 36.2 Å². The molecule has 0 aliphatic carbocycles. The van der Waals surface area contributed by atoms with E-state index < -0.39 is 17.7 Å². The molecule has 0 bridgehead atoms. The number of alkyl halides is 3. The van der Waals surface area contributed by atoms with E-state index in [9.17, 15) is 18.0 Å². The number of carbonyl (C=O) groups is 1. The van der Waals surface area contributed by atoms with Gasteiger partial charge in [0.25, 0.3) is 0 Å². The molecule has 0 saturated heterocycles. The lowest BCUT2D eigenvalue weighted by Crippen LogP contribution is -2.05. The Kier molecular flexibility index (Phi) is 14.7. The maximum absolute atomic E-state index is 12.8. The molecular formula is C20H30F3N3O4. The highest BCUT2D eigenvalue weighted by Crippen LogP contribution is 2.34. The van der Waals surface area contributed by atoms with Crippen LogP contribution in [-0.2, 0) is 11.0 Å². The fourth-order valence-corrected chi connectivity index (χ4v) is 1.63. The van der Waals surface area contributed by atoms with Crippen LogP contribution in [-0.4, -0.2) is 44.2 Å². The number of methoxy groups -OCH3 is 1. The normalized spacial score (nSPS) is 10.3. The number of halogens is 3. The van der Waals surface area contributed by atoms with Crippen LogP contribution in [0.2, 0.25) is 0 Å². The van der Waals surface area contributed by atoms with Gasteiger partial charge in [0.15, 0.2) is 5.82 Å². The molecule has 0 aliphatic heterocycles. The van der Waals surface area contributed by atoms with Crippen molar-refractivity contribution >= 4 is 12.2 Å². The van der Waals surface area contributed by atoms with Crippen molar-refractivity contribution in [1.29, 1.82) is 0 Å². The number of rotatable bonds is 4. The fraction of sp³-hybridized carbons (Fsp3) is 0.450. The van der Waals surface area contributed by atoms with Crippen LogP contribution in [0.1, 0.15) is 47.1 Å². The SMILES string of the molecule is CC.CC.CC(C)O.COc1cc(-c2ncn(/C=C\C(=O)O)n2)cc(C(F)(F)F)c1. The van der Waals surface area contributed by atoms with Gasteiger partial charge in [0, 0.05) is 23.9 Å². The van der Waals surface area contributed by atoms with Gasteiger partial charge >= 0.3 is 12.1 Å². The Morgan fingerprint density at radius 2 is 1.70 bits per heavy atom. The number of hydrogen-bond acceptors (Lipinski definition) is 5. The lowest BCUT2D eigenvalue weighted by Gasteiger charge is -2.10. The molecule has 0 amide bonds. The first-order valence-electron chi connectivity index (χ1n) is 9.30. The number of benzene rings is 1. The molecule has 0 unspecified atom stereocenters. The number of aliphatic carboxylic acids is 1. The summed E-state index contributed by atoms with van der Waals surface area (Å²) in [6.07, 6.45) is -1.58. The van der Waals surface area contributed by atoms with E-state index >= 15 is 0 Å². The highest BCUT2D eigenvalue weighted by molar-refractivity contribution is 5.82. The number of aromatic nitrogens is 3. The van der Waals surface area contributed by atoms with E-state index in [-0.39, 0.29) is 23.2 Å². The maximum Gasteiger partial charge on any atom is 0.416 e. The molecule has 10 heteroatoms. The van der Waals surface area contributed by atoms with E-state index in [2.05, 4.69) is 10.1 Å². The highest BCUT2D eigenvalue weighted by Gasteiger charge is 2.31. The van der Waals surface area contributed by atoms with Crippen molar-refractivity contribution < 1.29 is 32.9 Å². The molecule has 2 aromatic rings. The third-order valence-corrected chi connectivity index (χ3v) is 2.61. The molecule has 0 radical (unpaired) electrons. The molecule has 7 nitrogen and oxygen atoms in total. The van der Waals surface area contributed by atoms with Crippen LogP contribution in [0.4, 0.5) is 13.2 Å². The van der Waals surface area contributed by atoms with E-state index in [1.54, 1.807) is 13.8 Å². The minimum atomic E-state index is -4.53. The Morgan fingerprint density at radius 1 is 1.17 bits per heavy atom. The number of carboxylic acid groups (broad SMARTS) is 1. The Balaban J connectivity index is 0. The lowest BCUT2D eigenvalue weighted by molar-refractivity contribution is -0.137. The van der Waals surface area contributed by atoms with Gasteiger partial charge in [-0.15, -0.1) is 5.10 Å². The summed E-state index contributed by atoms with van der Waals surface area (Å²) in [5.41, 5.74) is -0.784. The van der Waals surface area contributed by atoms with Crippen LogP contribution in [0, 0.1) is 0 Å². The van der Waals surface area contributed by atoms with Gasteiger partial charge in [-0.05, 0) is 32.0 Å². The molecule has 0 saturated carbocycles. The molecular weight excluding hydrogens is 403 g/mol.